The Labute approximate surface area is 133 Å². The Kier molecular flexibility index (Phi) is 8.55. The van der Waals surface area contributed by atoms with Crippen molar-refractivity contribution in [2.24, 2.45) is 5.73 Å². The normalized spacial score (nSPS) is 21.0. The highest BCUT2D eigenvalue weighted by atomic mass is 16.5. The van der Waals surface area contributed by atoms with E-state index in [1.165, 1.54) is 31.5 Å². The molecule has 3 N–H and O–H groups in total. The van der Waals surface area contributed by atoms with Crippen LogP contribution in [0.4, 0.5) is 0 Å². The molecule has 22 heavy (non-hydrogen) atoms. The topological polar surface area (TPSA) is 67.6 Å². The number of hydrogen-bond donors (Lipinski definition) is 2. The van der Waals surface area contributed by atoms with E-state index < -0.39 is 0 Å². The number of nitrogens with zero attached hydrogens (tertiary/aromatic N) is 1. The monoisotopic (exact) mass is 307 g/mol. The average Bonchev–Trinajstić information content (AvgIpc) is 2.96. The van der Waals surface area contributed by atoms with Crippen LogP contribution < -0.4 is 15.8 Å². The van der Waals surface area contributed by atoms with Gasteiger partial charge in [0.1, 0.15) is 5.75 Å². The quantitative estimate of drug-likeness (QED) is 0.786. The van der Waals surface area contributed by atoms with Crippen molar-refractivity contribution in [1.82, 2.24) is 10.2 Å². The van der Waals surface area contributed by atoms with E-state index in [4.69, 9.17) is 9.53 Å². The molecule has 5 heteroatoms. The maximum Gasteiger partial charge on any atom is 0.204 e. The van der Waals surface area contributed by atoms with E-state index in [0.717, 1.165) is 18.3 Å². The summed E-state index contributed by atoms with van der Waals surface area (Å²) in [6.45, 7) is 7.85. The highest BCUT2D eigenvalue weighted by Gasteiger charge is 2.28. The number of likely N-dealkylation sites (tertiary alicyclic amines) is 1. The zero-order valence-corrected chi connectivity index (χ0v) is 13.9. The van der Waals surface area contributed by atoms with Crippen molar-refractivity contribution in [2.45, 2.75) is 45.3 Å². The van der Waals surface area contributed by atoms with Crippen molar-refractivity contribution in [2.75, 3.05) is 20.2 Å². The molecule has 0 aliphatic carbocycles. The molecule has 1 aliphatic heterocycles. The first-order valence-corrected chi connectivity index (χ1v) is 7.94. The molecule has 1 aromatic rings. The third kappa shape index (κ3) is 5.66. The summed E-state index contributed by atoms with van der Waals surface area (Å²) in [5.74, 6) is 0.924. The predicted octanol–water partition coefficient (Wildman–Crippen LogP) is 1.76. The van der Waals surface area contributed by atoms with Gasteiger partial charge in [-0.2, -0.15) is 0 Å². The lowest BCUT2D eigenvalue weighted by molar-refractivity contribution is -0.106. The Morgan fingerprint density at radius 3 is 2.45 bits per heavy atom. The van der Waals surface area contributed by atoms with Crippen molar-refractivity contribution >= 4 is 6.41 Å². The van der Waals surface area contributed by atoms with Crippen LogP contribution in [0.1, 0.15) is 32.3 Å². The van der Waals surface area contributed by atoms with Crippen molar-refractivity contribution < 1.29 is 9.53 Å². The van der Waals surface area contributed by atoms with E-state index in [9.17, 15) is 0 Å². The second-order valence-corrected chi connectivity index (χ2v) is 5.45. The van der Waals surface area contributed by atoms with Crippen LogP contribution in [-0.4, -0.2) is 43.6 Å². The first-order valence-electron chi connectivity index (χ1n) is 7.94. The molecular formula is C17H29N3O2. The molecule has 0 bridgehead atoms. The number of carbonyl (C=O) groups is 1. The van der Waals surface area contributed by atoms with Gasteiger partial charge in [0.2, 0.25) is 6.41 Å². The minimum absolute atomic E-state index is 0.250. The van der Waals surface area contributed by atoms with Gasteiger partial charge in [-0.3, -0.25) is 9.69 Å². The van der Waals surface area contributed by atoms with Crippen molar-refractivity contribution in [3.8, 4) is 5.75 Å². The van der Waals surface area contributed by atoms with Gasteiger partial charge in [0.15, 0.2) is 0 Å². The minimum Gasteiger partial charge on any atom is -0.497 e. The van der Waals surface area contributed by atoms with Gasteiger partial charge in [-0.25, -0.2) is 0 Å². The van der Waals surface area contributed by atoms with Crippen LogP contribution in [-0.2, 0) is 11.3 Å². The molecule has 2 rings (SSSR count). The molecule has 0 aromatic heterocycles. The van der Waals surface area contributed by atoms with Gasteiger partial charge >= 0.3 is 0 Å². The van der Waals surface area contributed by atoms with Crippen molar-refractivity contribution in [3.63, 3.8) is 0 Å². The molecule has 2 atom stereocenters. The first-order chi connectivity index (χ1) is 10.7. The fourth-order valence-corrected chi connectivity index (χ4v) is 2.95. The zero-order valence-electron chi connectivity index (χ0n) is 13.9. The summed E-state index contributed by atoms with van der Waals surface area (Å²) in [7, 11) is 1.70. The summed E-state index contributed by atoms with van der Waals surface area (Å²) in [5, 5.41) is 3.68. The van der Waals surface area contributed by atoms with Gasteiger partial charge in [-0.1, -0.05) is 26.0 Å². The van der Waals surface area contributed by atoms with Crippen LogP contribution in [0.5, 0.6) is 5.75 Å². The molecule has 1 heterocycles. The van der Waals surface area contributed by atoms with E-state index in [2.05, 4.69) is 41.9 Å². The number of carbonyl (C=O) groups excluding carboxylic acids is 1. The highest BCUT2D eigenvalue weighted by molar-refractivity contribution is 5.42. The summed E-state index contributed by atoms with van der Waals surface area (Å²) in [6, 6.07) is 9.72. The first kappa shape index (κ1) is 18.5. The van der Waals surface area contributed by atoms with Crippen LogP contribution in [0.25, 0.3) is 0 Å². The summed E-state index contributed by atoms with van der Waals surface area (Å²) in [4.78, 5) is 11.2. The summed E-state index contributed by atoms with van der Waals surface area (Å²) in [6.07, 6.45) is 2.79. The predicted molar refractivity (Wildman–Crippen MR) is 89.8 cm³/mol. The SMILES string of the molecule is CCC1CC(NCc2ccc(OC)cc2)CN1CC.NC=O. The second kappa shape index (κ2) is 10.2. The Balaban J connectivity index is 0.000000745. The number of methoxy groups -OCH3 is 1. The average molecular weight is 307 g/mol. The van der Waals surface area contributed by atoms with Crippen LogP contribution in [0.3, 0.4) is 0 Å². The number of nitrogens with two attached hydrogens (primary N) is 1. The van der Waals surface area contributed by atoms with Crippen LogP contribution >= 0.6 is 0 Å². The smallest absolute Gasteiger partial charge is 0.204 e. The fraction of sp³-hybridized carbons (Fsp3) is 0.588. The molecule has 0 spiro atoms. The second-order valence-electron chi connectivity index (χ2n) is 5.45. The van der Waals surface area contributed by atoms with Crippen LogP contribution in [0, 0.1) is 0 Å². The third-order valence-electron chi connectivity index (χ3n) is 4.16. The lowest BCUT2D eigenvalue weighted by Crippen LogP contribution is -2.32. The van der Waals surface area contributed by atoms with Gasteiger partial charge in [0, 0.05) is 25.2 Å². The zero-order chi connectivity index (χ0) is 16.4. The van der Waals surface area contributed by atoms with E-state index in [1.54, 1.807) is 7.11 Å². The van der Waals surface area contributed by atoms with Gasteiger partial charge in [-0.05, 0) is 37.1 Å². The molecule has 124 valence electrons. The van der Waals surface area contributed by atoms with Crippen molar-refractivity contribution in [3.05, 3.63) is 29.8 Å². The number of nitrogens with one attached hydrogen (secondary N) is 1. The molecule has 1 saturated heterocycles. The van der Waals surface area contributed by atoms with Gasteiger partial charge in [0.05, 0.1) is 7.11 Å². The molecule has 0 radical (unpaired) electrons. The van der Waals surface area contributed by atoms with Crippen molar-refractivity contribution in [1.29, 1.82) is 0 Å². The van der Waals surface area contributed by atoms with E-state index in [1.807, 2.05) is 12.1 Å². The fourth-order valence-electron chi connectivity index (χ4n) is 2.95. The number of likely N-dealkylation sites (N-methyl/N-ethyl adjacent to an activating group) is 1. The molecular weight excluding hydrogens is 278 g/mol. The summed E-state index contributed by atoms with van der Waals surface area (Å²) in [5.41, 5.74) is 5.49. The number of primary amides is 1. The molecule has 0 saturated carbocycles. The standard InChI is InChI=1S/C16H26N2O.CH3NO/c1-4-15-10-14(12-18(15)5-2)17-11-13-6-8-16(19-3)9-7-13;2-1-3/h6-9,14-15,17H,4-5,10-12H2,1-3H3;1H,(H2,2,3). The maximum atomic E-state index is 8.58. The lowest BCUT2D eigenvalue weighted by Gasteiger charge is -2.20. The molecule has 1 fully saturated rings. The summed E-state index contributed by atoms with van der Waals surface area (Å²) >= 11 is 0. The Morgan fingerprint density at radius 2 is 2.00 bits per heavy atom. The Bertz CT molecular complexity index is 410. The highest BCUT2D eigenvalue weighted by Crippen LogP contribution is 2.20. The Hall–Kier alpha value is -1.59. The number of amides is 1. The van der Waals surface area contributed by atoms with Gasteiger partial charge in [0.25, 0.3) is 0 Å². The minimum atomic E-state index is 0.250. The third-order valence-corrected chi connectivity index (χ3v) is 4.16. The van der Waals surface area contributed by atoms with Gasteiger partial charge < -0.3 is 15.8 Å². The van der Waals surface area contributed by atoms with Crippen LogP contribution in [0.15, 0.2) is 24.3 Å². The van der Waals surface area contributed by atoms with E-state index in [0.29, 0.717) is 6.04 Å². The molecule has 1 amide bonds. The maximum absolute atomic E-state index is 8.58. The van der Waals surface area contributed by atoms with E-state index in [-0.39, 0.29) is 6.41 Å². The molecule has 2 unspecified atom stereocenters. The van der Waals surface area contributed by atoms with Gasteiger partial charge in [-0.15, -0.1) is 0 Å². The number of benzene rings is 1. The van der Waals surface area contributed by atoms with Crippen LogP contribution in [0.2, 0.25) is 0 Å². The molecule has 1 aromatic carbocycles. The van der Waals surface area contributed by atoms with E-state index >= 15 is 0 Å². The Morgan fingerprint density at radius 1 is 1.36 bits per heavy atom. The summed E-state index contributed by atoms with van der Waals surface area (Å²) < 4.78 is 5.18. The molecule has 5 nitrogen and oxygen atoms in total. The number of ether oxygens (including phenoxy) is 1. The number of hydrogen-bond acceptors (Lipinski definition) is 4. The lowest BCUT2D eigenvalue weighted by atomic mass is 10.1. The molecule has 1 aliphatic rings. The number of rotatable bonds is 6. The largest absolute Gasteiger partial charge is 0.497 e.